The molecule has 26 heavy (non-hydrogen) atoms. The van der Waals surface area contributed by atoms with E-state index in [1.807, 2.05) is 12.1 Å². The summed E-state index contributed by atoms with van der Waals surface area (Å²) in [5.41, 5.74) is 2.28. The number of benzene rings is 2. The van der Waals surface area contributed by atoms with Crippen LogP contribution >= 0.6 is 23.2 Å². The van der Waals surface area contributed by atoms with E-state index in [0.717, 1.165) is 23.3 Å². The summed E-state index contributed by atoms with van der Waals surface area (Å²) in [6.07, 6.45) is 3.25. The Bertz CT molecular complexity index is 774. The summed E-state index contributed by atoms with van der Waals surface area (Å²) >= 11 is 11.8. The molecule has 3 rings (SSSR count). The summed E-state index contributed by atoms with van der Waals surface area (Å²) in [5.74, 6) is 0.219. The van der Waals surface area contributed by atoms with Crippen molar-refractivity contribution in [1.82, 2.24) is 0 Å². The van der Waals surface area contributed by atoms with E-state index in [-0.39, 0.29) is 5.91 Å². The van der Waals surface area contributed by atoms with Gasteiger partial charge in [0.15, 0.2) is 0 Å². The molecule has 2 aromatic carbocycles. The lowest BCUT2D eigenvalue weighted by molar-refractivity contribution is -0.113. The average Bonchev–Trinajstić information content (AvgIpc) is 2.65. The normalized spacial score (nSPS) is 15.6. The predicted molar refractivity (Wildman–Crippen MR) is 109 cm³/mol. The smallest absolute Gasteiger partial charge is 0.252 e. The Hall–Kier alpha value is -1.62. The van der Waals surface area contributed by atoms with Crippen LogP contribution in [-0.4, -0.2) is 10.1 Å². The van der Waals surface area contributed by atoms with Gasteiger partial charge < -0.3 is 5.32 Å². The van der Waals surface area contributed by atoms with Crippen molar-refractivity contribution in [3.05, 3.63) is 74.6 Å². The van der Waals surface area contributed by atoms with Crippen molar-refractivity contribution in [3.63, 3.8) is 0 Å². The Kier molecular flexibility index (Phi) is 6.52. The first-order valence-corrected chi connectivity index (χ1v) is 10.5. The molecule has 1 atom stereocenters. The summed E-state index contributed by atoms with van der Waals surface area (Å²) in [7, 11) is -1.22. The lowest BCUT2D eigenvalue weighted by Gasteiger charge is -2.19. The molecular weight excluding hydrogens is 389 g/mol. The number of halogens is 2. The fraction of sp³-hybridized carbons (Fsp3) is 0.250. The first kappa shape index (κ1) is 19.2. The molecule has 1 amide bonds. The number of nitrogens with one attached hydrogen (secondary N) is 1. The first-order valence-electron chi connectivity index (χ1n) is 8.44. The molecule has 0 spiro atoms. The average molecular weight is 408 g/mol. The van der Waals surface area contributed by atoms with E-state index >= 15 is 0 Å². The Balaban J connectivity index is 1.78. The second-order valence-corrected chi connectivity index (χ2v) is 8.53. The number of anilines is 1. The molecule has 1 N–H and O–H groups in total. The summed E-state index contributed by atoms with van der Waals surface area (Å²) in [6, 6.07) is 14.3. The van der Waals surface area contributed by atoms with Gasteiger partial charge in [-0.3, -0.25) is 9.00 Å². The van der Waals surface area contributed by atoms with Gasteiger partial charge in [-0.05, 0) is 67.6 Å². The lowest BCUT2D eigenvalue weighted by Crippen LogP contribution is -2.20. The summed E-state index contributed by atoms with van der Waals surface area (Å²) in [4.78, 5) is 13.5. The van der Waals surface area contributed by atoms with Crippen LogP contribution in [0.15, 0.2) is 59.0 Å². The Morgan fingerprint density at radius 3 is 2.15 bits per heavy atom. The van der Waals surface area contributed by atoms with Gasteiger partial charge in [-0.15, -0.1) is 0 Å². The van der Waals surface area contributed by atoms with Gasteiger partial charge in [-0.1, -0.05) is 35.3 Å². The minimum absolute atomic E-state index is 0.175. The molecule has 1 unspecified atom stereocenters. The third-order valence-corrected chi connectivity index (χ3v) is 6.38. The van der Waals surface area contributed by atoms with Crippen molar-refractivity contribution < 1.29 is 9.00 Å². The minimum Gasteiger partial charge on any atom is -0.322 e. The molecular formula is C20H19Cl2NO2S. The van der Waals surface area contributed by atoms with E-state index in [1.54, 1.807) is 36.4 Å². The zero-order chi connectivity index (χ0) is 18.5. The largest absolute Gasteiger partial charge is 0.322 e. The van der Waals surface area contributed by atoms with E-state index < -0.39 is 10.8 Å². The van der Waals surface area contributed by atoms with Crippen LogP contribution in [0.4, 0.5) is 5.69 Å². The molecule has 1 aliphatic rings. The highest BCUT2D eigenvalue weighted by Crippen LogP contribution is 2.30. The number of amides is 1. The highest BCUT2D eigenvalue weighted by atomic mass is 35.5. The molecule has 0 radical (unpaired) electrons. The van der Waals surface area contributed by atoms with E-state index in [2.05, 4.69) is 5.32 Å². The highest BCUT2D eigenvalue weighted by Gasteiger charge is 2.23. The molecule has 3 nitrogen and oxygen atoms in total. The van der Waals surface area contributed by atoms with Gasteiger partial charge in [-0.2, -0.15) is 0 Å². The van der Waals surface area contributed by atoms with Crippen LogP contribution in [0.1, 0.15) is 31.2 Å². The molecule has 0 heterocycles. The number of carbonyl (C=O) groups is 1. The molecule has 136 valence electrons. The van der Waals surface area contributed by atoms with Crippen molar-refractivity contribution in [2.45, 2.75) is 31.4 Å². The molecule has 0 saturated carbocycles. The number of carbonyl (C=O) groups excluding carboxylic acids is 1. The third kappa shape index (κ3) is 4.97. The maximum absolute atomic E-state index is 12.9. The van der Waals surface area contributed by atoms with E-state index in [4.69, 9.17) is 23.2 Å². The monoisotopic (exact) mass is 407 g/mol. The van der Waals surface area contributed by atoms with Crippen LogP contribution in [0, 0.1) is 0 Å². The number of hydrogen-bond donors (Lipinski definition) is 1. The van der Waals surface area contributed by atoms with Gasteiger partial charge in [0.1, 0.15) is 0 Å². The van der Waals surface area contributed by atoms with Crippen molar-refractivity contribution >= 4 is 45.6 Å². The van der Waals surface area contributed by atoms with Crippen LogP contribution in [-0.2, 0) is 21.3 Å². The second-order valence-electron chi connectivity index (χ2n) is 6.19. The fourth-order valence-electron chi connectivity index (χ4n) is 2.93. The van der Waals surface area contributed by atoms with Gasteiger partial charge in [0.05, 0.1) is 16.6 Å². The third-order valence-electron chi connectivity index (χ3n) is 4.28. The van der Waals surface area contributed by atoms with Crippen molar-refractivity contribution in [1.29, 1.82) is 0 Å². The van der Waals surface area contributed by atoms with Crippen LogP contribution in [0.25, 0.3) is 0 Å². The van der Waals surface area contributed by atoms with Gasteiger partial charge in [0.2, 0.25) is 0 Å². The molecule has 2 aromatic rings. The van der Waals surface area contributed by atoms with Crippen LogP contribution in [0.2, 0.25) is 10.0 Å². The van der Waals surface area contributed by atoms with Crippen molar-refractivity contribution in [2.75, 3.05) is 5.32 Å². The molecule has 0 bridgehead atoms. The topological polar surface area (TPSA) is 46.2 Å². The predicted octanol–water partition coefficient (Wildman–Crippen LogP) is 5.71. The molecule has 0 fully saturated rings. The van der Waals surface area contributed by atoms with Crippen LogP contribution in [0.3, 0.4) is 0 Å². The zero-order valence-electron chi connectivity index (χ0n) is 14.1. The molecule has 1 aliphatic carbocycles. The van der Waals surface area contributed by atoms with Gasteiger partial charge in [0.25, 0.3) is 5.91 Å². The maximum atomic E-state index is 12.9. The summed E-state index contributed by atoms with van der Waals surface area (Å²) < 4.78 is 12.9. The van der Waals surface area contributed by atoms with Crippen LogP contribution in [0.5, 0.6) is 0 Å². The van der Waals surface area contributed by atoms with Crippen LogP contribution < -0.4 is 5.32 Å². The fourth-order valence-corrected chi connectivity index (χ4v) is 4.69. The molecule has 0 saturated heterocycles. The summed E-state index contributed by atoms with van der Waals surface area (Å²) in [5, 5.41) is 4.16. The highest BCUT2D eigenvalue weighted by molar-refractivity contribution is 7.88. The second kappa shape index (κ2) is 8.85. The van der Waals surface area contributed by atoms with Gasteiger partial charge >= 0.3 is 0 Å². The summed E-state index contributed by atoms with van der Waals surface area (Å²) in [6.45, 7) is 0. The Labute approximate surface area is 165 Å². The standard InChI is InChI=1S/C20H19Cl2NO2S/c21-15-7-5-14(6-8-15)13-26(25)19-4-2-1-3-18(19)20(24)23-17-11-9-16(22)10-12-17/h5-12H,1-4,13H2,(H,23,24). The Morgan fingerprint density at radius 1 is 0.923 bits per heavy atom. The van der Waals surface area contributed by atoms with E-state index in [9.17, 15) is 9.00 Å². The number of hydrogen-bond acceptors (Lipinski definition) is 2. The number of rotatable bonds is 5. The molecule has 0 aromatic heterocycles. The lowest BCUT2D eigenvalue weighted by atomic mass is 9.98. The van der Waals surface area contributed by atoms with Crippen molar-refractivity contribution in [3.8, 4) is 0 Å². The van der Waals surface area contributed by atoms with Gasteiger partial charge in [-0.25, -0.2) is 0 Å². The van der Waals surface area contributed by atoms with E-state index in [1.165, 1.54) is 0 Å². The maximum Gasteiger partial charge on any atom is 0.252 e. The SMILES string of the molecule is O=C(Nc1ccc(Cl)cc1)C1=C(S(=O)Cc2ccc(Cl)cc2)CCCC1. The number of allylic oxidation sites excluding steroid dienone is 1. The Morgan fingerprint density at radius 2 is 1.50 bits per heavy atom. The van der Waals surface area contributed by atoms with Crippen molar-refractivity contribution in [2.24, 2.45) is 0 Å². The van der Waals surface area contributed by atoms with Gasteiger partial charge in [0, 0.05) is 26.2 Å². The zero-order valence-corrected chi connectivity index (χ0v) is 16.5. The molecule has 0 aliphatic heterocycles. The van der Waals surface area contributed by atoms with E-state index in [0.29, 0.717) is 39.9 Å². The quantitative estimate of drug-likeness (QED) is 0.689. The minimum atomic E-state index is -1.22. The first-order chi connectivity index (χ1) is 12.5. The molecule has 6 heteroatoms.